The number of alkyl halides is 3. The lowest BCUT2D eigenvalue weighted by atomic mass is 9.95. The molecule has 0 aromatic carbocycles. The van der Waals surface area contributed by atoms with Crippen LogP contribution < -0.4 is 10.6 Å². The molecule has 2 fully saturated rings. The molecule has 0 aromatic rings. The van der Waals surface area contributed by atoms with Crippen LogP contribution in [-0.2, 0) is 23.9 Å². The van der Waals surface area contributed by atoms with Crippen molar-refractivity contribution in [3.63, 3.8) is 0 Å². The van der Waals surface area contributed by atoms with Gasteiger partial charge in [0, 0.05) is 11.9 Å². The van der Waals surface area contributed by atoms with Gasteiger partial charge in [0.05, 0.1) is 6.61 Å². The second kappa shape index (κ2) is 9.62. The van der Waals surface area contributed by atoms with Crippen LogP contribution in [0.5, 0.6) is 0 Å². The number of methoxy groups -OCH3 is 1. The first kappa shape index (κ1) is 25.9. The van der Waals surface area contributed by atoms with Crippen molar-refractivity contribution in [3.8, 4) is 0 Å². The molecule has 0 bridgehead atoms. The average molecular weight is 519 g/mol. The quantitative estimate of drug-likeness (QED) is 0.249. The van der Waals surface area contributed by atoms with Gasteiger partial charge in [-0.3, -0.25) is 9.59 Å². The molecule has 31 heavy (non-hydrogen) atoms. The molecule has 2 heterocycles. The van der Waals surface area contributed by atoms with Crippen molar-refractivity contribution >= 4 is 70.4 Å². The summed E-state index contributed by atoms with van der Waals surface area (Å²) in [5, 5.41) is 13.8. The number of alkyl carbamates (subject to hydrolysis) is 1. The van der Waals surface area contributed by atoms with Crippen molar-refractivity contribution in [1.82, 2.24) is 15.5 Å². The zero-order valence-electron chi connectivity index (χ0n) is 16.8. The molecular weight excluding hydrogens is 497 g/mol. The fourth-order valence-electron chi connectivity index (χ4n) is 3.31. The van der Waals surface area contributed by atoms with E-state index in [-0.39, 0.29) is 12.2 Å². The third-order valence-electron chi connectivity index (χ3n) is 4.60. The molecule has 2 aliphatic rings. The van der Waals surface area contributed by atoms with Crippen LogP contribution >= 0.6 is 46.6 Å². The predicted octanol–water partition coefficient (Wildman–Crippen LogP) is 1.29. The Morgan fingerprint density at radius 3 is 2.48 bits per heavy atom. The van der Waals surface area contributed by atoms with Crippen molar-refractivity contribution in [2.75, 3.05) is 20.3 Å². The van der Waals surface area contributed by atoms with E-state index in [2.05, 4.69) is 17.2 Å². The Kier molecular flexibility index (Phi) is 8.02. The number of thioether (sulfide) groups is 1. The van der Waals surface area contributed by atoms with E-state index >= 15 is 0 Å². The normalized spacial score (nSPS) is 25.2. The third kappa shape index (κ3) is 5.89. The van der Waals surface area contributed by atoms with E-state index in [0.29, 0.717) is 0 Å². The van der Waals surface area contributed by atoms with Crippen LogP contribution in [-0.4, -0.2) is 86.2 Å². The second-order valence-corrected chi connectivity index (χ2v) is 11.7. The molecule has 3 N–H and O–H groups in total. The minimum absolute atomic E-state index is 0.0696. The summed E-state index contributed by atoms with van der Waals surface area (Å²) in [6, 6.07) is -3.28. The van der Waals surface area contributed by atoms with E-state index < -0.39 is 62.5 Å². The number of amides is 3. The number of fused-ring (bicyclic) bond motifs is 1. The number of ether oxygens (including phenoxy) is 2. The number of β-lactam (4-membered cyclic amide) rings is 1. The van der Waals surface area contributed by atoms with Gasteiger partial charge in [-0.1, -0.05) is 41.4 Å². The number of rotatable bonds is 8. The Bertz CT molecular complexity index is 789. The van der Waals surface area contributed by atoms with Gasteiger partial charge in [0.15, 0.2) is 0 Å². The number of hydrogen-bond acceptors (Lipinski definition) is 7. The van der Waals surface area contributed by atoms with Crippen LogP contribution in [0, 0.1) is 0 Å². The highest BCUT2D eigenvalue weighted by molar-refractivity contribution is 8.01. The Hall–Kier alpha value is -1.40. The number of nitrogens with zero attached hydrogens (tertiary/aromatic N) is 1. The van der Waals surface area contributed by atoms with E-state index in [0.717, 1.165) is 0 Å². The largest absolute Gasteiger partial charge is 0.480 e. The Morgan fingerprint density at radius 2 is 1.97 bits per heavy atom. The van der Waals surface area contributed by atoms with Crippen LogP contribution in [0.3, 0.4) is 0 Å². The van der Waals surface area contributed by atoms with E-state index in [1.54, 1.807) is 13.8 Å². The molecule has 0 aliphatic carbocycles. The summed E-state index contributed by atoms with van der Waals surface area (Å²) in [7, 11) is 1.37. The lowest BCUT2D eigenvalue weighted by Crippen LogP contribution is -2.71. The maximum Gasteiger partial charge on any atom is 0.408 e. The summed E-state index contributed by atoms with van der Waals surface area (Å²) < 4.78 is 7.14. The molecule has 0 saturated carbocycles. The van der Waals surface area contributed by atoms with E-state index in [9.17, 15) is 24.3 Å². The number of aliphatic carboxylic acids is 1. The number of nitrogens with one attached hydrogen (secondary N) is 2. The van der Waals surface area contributed by atoms with E-state index in [1.807, 2.05) is 0 Å². The Balaban J connectivity index is 2.09. The molecule has 0 spiro atoms. The minimum atomic E-state index is -1.84. The molecular formula is C17H22Cl3N3O7S. The summed E-state index contributed by atoms with van der Waals surface area (Å²) >= 11 is 17.9. The fourth-order valence-corrected chi connectivity index (χ4v) is 5.10. The Morgan fingerprint density at radius 1 is 1.35 bits per heavy atom. The topological polar surface area (TPSA) is 134 Å². The van der Waals surface area contributed by atoms with Crippen LogP contribution in [0.4, 0.5) is 4.79 Å². The zero-order valence-corrected chi connectivity index (χ0v) is 19.9. The van der Waals surface area contributed by atoms with Crippen LogP contribution in [0.25, 0.3) is 0 Å². The third-order valence-corrected chi connectivity index (χ3v) is 6.50. The molecule has 10 nitrogen and oxygen atoms in total. The average Bonchev–Trinajstić information content (AvgIpc) is 2.90. The number of hydrogen-bond donors (Lipinski definition) is 3. The standard InChI is InChI=1S/C17H22Cl3N3O7S/c1-7(5-29-4)8(22-15(28)30-6-17(18,19)20)11(24)21-9-12(25)23-10(14(26)27)16(2,3)31-13(9)23/h8-10,13H,1,5-6H2,2-4H3,(H,21,24)(H,22,28)(H,26,27)/t8?,9-,10+,13-/m1/s1. The van der Waals surface area contributed by atoms with Gasteiger partial charge in [0.25, 0.3) is 0 Å². The number of carbonyl (C=O) groups is 4. The number of halogens is 3. The second-order valence-electron chi connectivity index (χ2n) is 7.44. The molecule has 174 valence electrons. The molecule has 2 saturated heterocycles. The van der Waals surface area contributed by atoms with Gasteiger partial charge in [-0.2, -0.15) is 0 Å². The molecule has 0 radical (unpaired) electrons. The number of carboxylic acid groups (broad SMARTS) is 1. The highest BCUT2D eigenvalue weighted by atomic mass is 35.6. The first-order valence-corrected chi connectivity index (χ1v) is 10.9. The van der Waals surface area contributed by atoms with Crippen molar-refractivity contribution in [2.45, 2.75) is 45.9 Å². The van der Waals surface area contributed by atoms with Gasteiger partial charge in [-0.25, -0.2) is 9.59 Å². The summed E-state index contributed by atoms with van der Waals surface area (Å²) in [5.41, 5.74) is 0.178. The number of carboxylic acids is 1. The van der Waals surface area contributed by atoms with Crippen LogP contribution in [0.15, 0.2) is 12.2 Å². The monoisotopic (exact) mass is 517 g/mol. The van der Waals surface area contributed by atoms with Crippen molar-refractivity contribution in [3.05, 3.63) is 12.2 Å². The summed E-state index contributed by atoms with van der Waals surface area (Å²) in [4.78, 5) is 50.3. The molecule has 1 unspecified atom stereocenters. The van der Waals surface area contributed by atoms with E-state index in [1.165, 1.54) is 23.8 Å². The maximum atomic E-state index is 12.8. The van der Waals surface area contributed by atoms with Gasteiger partial charge < -0.3 is 30.1 Å². The summed E-state index contributed by atoms with van der Waals surface area (Å²) in [5.74, 6) is -2.40. The van der Waals surface area contributed by atoms with Crippen LogP contribution in [0.2, 0.25) is 0 Å². The molecule has 14 heteroatoms. The van der Waals surface area contributed by atoms with Crippen LogP contribution in [0.1, 0.15) is 13.8 Å². The summed E-state index contributed by atoms with van der Waals surface area (Å²) in [6.45, 7) is 6.51. The van der Waals surface area contributed by atoms with Gasteiger partial charge in [0.1, 0.15) is 30.1 Å². The Labute approximate surface area is 197 Å². The van der Waals surface area contributed by atoms with Gasteiger partial charge >= 0.3 is 12.1 Å². The summed E-state index contributed by atoms with van der Waals surface area (Å²) in [6.07, 6.45) is -1.05. The zero-order chi connectivity index (χ0) is 23.7. The molecule has 3 amide bonds. The van der Waals surface area contributed by atoms with Crippen molar-refractivity contribution < 1.29 is 33.8 Å². The fraction of sp³-hybridized carbons (Fsp3) is 0.647. The maximum absolute atomic E-state index is 12.8. The first-order chi connectivity index (χ1) is 14.2. The van der Waals surface area contributed by atoms with Gasteiger partial charge in [0.2, 0.25) is 15.6 Å². The molecule has 4 atom stereocenters. The highest BCUT2D eigenvalue weighted by Gasteiger charge is 2.64. The predicted molar refractivity (Wildman–Crippen MR) is 115 cm³/mol. The van der Waals surface area contributed by atoms with Crippen molar-refractivity contribution in [1.29, 1.82) is 0 Å². The minimum Gasteiger partial charge on any atom is -0.480 e. The van der Waals surface area contributed by atoms with Gasteiger partial charge in [-0.15, -0.1) is 11.8 Å². The number of carbonyl (C=O) groups excluding carboxylic acids is 3. The van der Waals surface area contributed by atoms with Crippen molar-refractivity contribution in [2.24, 2.45) is 0 Å². The SMILES string of the molecule is C=C(COC)C(NC(=O)OCC(Cl)(Cl)Cl)C(=O)N[C@@H]1C(=O)N2[C@@H]1SC(C)(C)[C@@H]2C(=O)O. The van der Waals surface area contributed by atoms with E-state index in [4.69, 9.17) is 44.3 Å². The first-order valence-electron chi connectivity index (χ1n) is 8.89. The highest BCUT2D eigenvalue weighted by Crippen LogP contribution is 2.50. The smallest absolute Gasteiger partial charge is 0.408 e. The lowest BCUT2D eigenvalue weighted by molar-refractivity contribution is -0.161. The lowest BCUT2D eigenvalue weighted by Gasteiger charge is -2.44. The molecule has 2 aliphatic heterocycles. The molecule has 0 aromatic heterocycles. The van der Waals surface area contributed by atoms with Gasteiger partial charge in [-0.05, 0) is 19.4 Å². The molecule has 2 rings (SSSR count).